The number of esters is 1. The highest BCUT2D eigenvalue weighted by Crippen LogP contribution is 2.00. The van der Waals surface area contributed by atoms with Crippen molar-refractivity contribution in [2.75, 3.05) is 13.2 Å². The minimum Gasteiger partial charge on any atom is -0.462 e. The van der Waals surface area contributed by atoms with Crippen LogP contribution in [-0.4, -0.2) is 25.3 Å². The topological polar surface area (TPSA) is 75.1 Å². The molecule has 0 fully saturated rings. The van der Waals surface area contributed by atoms with E-state index in [4.69, 9.17) is 5.53 Å². The molecule has 1 atom stereocenters. The quantitative estimate of drug-likeness (QED) is 0.156. The van der Waals surface area contributed by atoms with Crippen LogP contribution in [0.2, 0.25) is 0 Å². The molecule has 0 unspecified atom stereocenters. The third-order valence-corrected chi connectivity index (χ3v) is 1.61. The Hall–Kier alpha value is -1.55. The molecule has 84 valence electrons. The molecule has 0 amide bonds. The fourth-order valence-electron chi connectivity index (χ4n) is 0.809. The number of hydrogen-bond acceptors (Lipinski definition) is 3. The number of azide groups is 1. The number of alkyl halides is 1. The van der Waals surface area contributed by atoms with E-state index in [0.717, 1.165) is 6.08 Å². The average molecular weight is 215 g/mol. The van der Waals surface area contributed by atoms with Gasteiger partial charge in [-0.25, -0.2) is 4.39 Å². The van der Waals surface area contributed by atoms with Crippen LogP contribution >= 0.6 is 0 Å². The molecule has 0 rings (SSSR count). The first-order valence-corrected chi connectivity index (χ1v) is 4.63. The molecule has 0 saturated heterocycles. The van der Waals surface area contributed by atoms with Crippen LogP contribution in [0.4, 0.5) is 4.39 Å². The monoisotopic (exact) mass is 215 g/mol. The lowest BCUT2D eigenvalue weighted by Gasteiger charge is -2.04. The van der Waals surface area contributed by atoms with Crippen LogP contribution < -0.4 is 0 Å². The summed E-state index contributed by atoms with van der Waals surface area (Å²) in [6, 6.07) is 0. The van der Waals surface area contributed by atoms with E-state index >= 15 is 0 Å². The van der Waals surface area contributed by atoms with Crippen molar-refractivity contribution in [3.63, 3.8) is 0 Å². The fourth-order valence-corrected chi connectivity index (χ4v) is 0.809. The average Bonchev–Trinajstić information content (AvgIpc) is 2.25. The minimum atomic E-state index is -1.31. The van der Waals surface area contributed by atoms with Crippen LogP contribution in [0.1, 0.15) is 19.3 Å². The van der Waals surface area contributed by atoms with E-state index in [1.807, 2.05) is 0 Å². The molecular formula is C9H14FN3O2. The Morgan fingerprint density at radius 1 is 1.67 bits per heavy atom. The smallest absolute Gasteiger partial charge is 0.305 e. The van der Waals surface area contributed by atoms with Gasteiger partial charge < -0.3 is 4.74 Å². The molecule has 0 aromatic heterocycles. The van der Waals surface area contributed by atoms with Gasteiger partial charge in [-0.05, 0) is 18.4 Å². The maximum Gasteiger partial charge on any atom is 0.305 e. The Balaban J connectivity index is 3.41. The molecule has 0 radical (unpaired) electrons. The zero-order valence-electron chi connectivity index (χ0n) is 8.43. The van der Waals surface area contributed by atoms with E-state index in [-0.39, 0.29) is 13.0 Å². The summed E-state index contributed by atoms with van der Waals surface area (Å²) in [5.74, 6) is -0.444. The molecular weight excluding hydrogens is 201 g/mol. The molecule has 0 N–H and O–H groups in total. The van der Waals surface area contributed by atoms with Crippen molar-refractivity contribution in [2.45, 2.75) is 25.4 Å². The first-order valence-electron chi connectivity index (χ1n) is 4.63. The van der Waals surface area contributed by atoms with Crippen molar-refractivity contribution in [3.8, 4) is 0 Å². The second kappa shape index (κ2) is 9.02. The maximum absolute atomic E-state index is 12.5. The molecule has 6 heteroatoms. The van der Waals surface area contributed by atoms with Crippen molar-refractivity contribution in [1.82, 2.24) is 0 Å². The Labute approximate surface area is 87.5 Å². The van der Waals surface area contributed by atoms with Gasteiger partial charge in [0.1, 0.15) is 6.61 Å². The molecule has 0 aromatic carbocycles. The number of hydrogen-bond donors (Lipinski definition) is 0. The van der Waals surface area contributed by atoms with Gasteiger partial charge in [0.25, 0.3) is 0 Å². The summed E-state index contributed by atoms with van der Waals surface area (Å²) >= 11 is 0. The Morgan fingerprint density at radius 2 is 2.40 bits per heavy atom. The lowest BCUT2D eigenvalue weighted by Crippen LogP contribution is -2.12. The first-order chi connectivity index (χ1) is 7.20. The summed E-state index contributed by atoms with van der Waals surface area (Å²) < 4.78 is 17.1. The number of carbonyl (C=O) groups is 1. The number of unbranched alkanes of at least 4 members (excludes halogenated alkanes) is 1. The zero-order valence-corrected chi connectivity index (χ0v) is 8.43. The van der Waals surface area contributed by atoms with Gasteiger partial charge in [-0.3, -0.25) is 4.79 Å². The van der Waals surface area contributed by atoms with E-state index in [1.165, 1.54) is 0 Å². The standard InChI is InChI=1S/C9H14FN3O2/c1-2-8(10)7-15-9(14)5-3-4-6-12-13-11/h2,8H,1,3-7H2/t8-/m1/s1. The van der Waals surface area contributed by atoms with Gasteiger partial charge in [-0.1, -0.05) is 11.2 Å². The van der Waals surface area contributed by atoms with Gasteiger partial charge in [-0.15, -0.1) is 6.58 Å². The molecule has 0 aliphatic heterocycles. The highest BCUT2D eigenvalue weighted by Gasteiger charge is 2.06. The Bertz CT molecular complexity index is 252. The second-order valence-electron chi connectivity index (χ2n) is 2.85. The summed E-state index contributed by atoms with van der Waals surface area (Å²) in [5, 5.41) is 3.31. The van der Waals surface area contributed by atoms with Crippen LogP contribution in [0.5, 0.6) is 0 Å². The number of rotatable bonds is 8. The SMILES string of the molecule is C=C[C@@H](F)COC(=O)CCCCN=[N+]=[N-]. The van der Waals surface area contributed by atoms with E-state index in [1.54, 1.807) is 0 Å². The number of halogens is 1. The number of ether oxygens (including phenoxy) is 1. The molecule has 0 heterocycles. The molecule has 0 aliphatic carbocycles. The summed E-state index contributed by atoms with van der Waals surface area (Å²) in [6.07, 6.45) is 1.18. The Morgan fingerprint density at radius 3 is 3.00 bits per heavy atom. The Kier molecular flexibility index (Phi) is 8.09. The van der Waals surface area contributed by atoms with Crippen LogP contribution in [0.3, 0.4) is 0 Å². The van der Waals surface area contributed by atoms with E-state index in [9.17, 15) is 9.18 Å². The van der Waals surface area contributed by atoms with Crippen molar-refractivity contribution >= 4 is 5.97 Å². The van der Waals surface area contributed by atoms with Gasteiger partial charge in [0.05, 0.1) is 0 Å². The van der Waals surface area contributed by atoms with Gasteiger partial charge in [0, 0.05) is 17.9 Å². The second-order valence-corrected chi connectivity index (χ2v) is 2.85. The van der Waals surface area contributed by atoms with Crippen molar-refractivity contribution in [3.05, 3.63) is 23.1 Å². The lowest BCUT2D eigenvalue weighted by molar-refractivity contribution is -0.144. The molecule has 0 saturated carbocycles. The normalized spacial score (nSPS) is 11.3. The predicted octanol–water partition coefficient (Wildman–Crippen LogP) is 2.53. The molecule has 0 spiro atoms. The fraction of sp³-hybridized carbons (Fsp3) is 0.667. The molecule has 15 heavy (non-hydrogen) atoms. The first kappa shape index (κ1) is 13.4. The highest BCUT2D eigenvalue weighted by molar-refractivity contribution is 5.69. The summed E-state index contributed by atoms with van der Waals surface area (Å²) in [5.41, 5.74) is 7.96. The summed E-state index contributed by atoms with van der Waals surface area (Å²) in [6.45, 7) is 3.31. The number of nitrogens with zero attached hydrogens (tertiary/aromatic N) is 3. The van der Waals surface area contributed by atoms with Crippen LogP contribution in [0.25, 0.3) is 10.4 Å². The molecule has 0 aromatic rings. The molecule has 5 nitrogen and oxygen atoms in total. The maximum atomic E-state index is 12.5. The summed E-state index contributed by atoms with van der Waals surface area (Å²) in [7, 11) is 0. The highest BCUT2D eigenvalue weighted by atomic mass is 19.1. The third kappa shape index (κ3) is 8.77. The third-order valence-electron chi connectivity index (χ3n) is 1.61. The minimum absolute atomic E-state index is 0.213. The van der Waals surface area contributed by atoms with Crippen molar-refractivity contribution in [2.24, 2.45) is 5.11 Å². The zero-order chi connectivity index (χ0) is 11.5. The van der Waals surface area contributed by atoms with Crippen LogP contribution in [0.15, 0.2) is 17.8 Å². The number of carbonyl (C=O) groups excluding carboxylic acids is 1. The van der Waals surface area contributed by atoms with Crippen LogP contribution in [-0.2, 0) is 9.53 Å². The molecule has 0 aliphatic rings. The van der Waals surface area contributed by atoms with Gasteiger partial charge >= 0.3 is 5.97 Å². The van der Waals surface area contributed by atoms with Gasteiger partial charge in [0.2, 0.25) is 0 Å². The van der Waals surface area contributed by atoms with E-state index in [0.29, 0.717) is 19.4 Å². The van der Waals surface area contributed by atoms with Crippen LogP contribution in [0, 0.1) is 0 Å². The van der Waals surface area contributed by atoms with E-state index < -0.39 is 12.1 Å². The van der Waals surface area contributed by atoms with Gasteiger partial charge in [0.15, 0.2) is 6.17 Å². The lowest BCUT2D eigenvalue weighted by atomic mass is 10.2. The predicted molar refractivity (Wildman–Crippen MR) is 53.9 cm³/mol. The van der Waals surface area contributed by atoms with Gasteiger partial charge in [-0.2, -0.15) is 0 Å². The summed E-state index contributed by atoms with van der Waals surface area (Å²) in [4.78, 5) is 13.5. The largest absolute Gasteiger partial charge is 0.462 e. The van der Waals surface area contributed by atoms with Crippen molar-refractivity contribution in [1.29, 1.82) is 0 Å². The van der Waals surface area contributed by atoms with Crippen molar-refractivity contribution < 1.29 is 13.9 Å². The molecule has 0 bridgehead atoms. The van der Waals surface area contributed by atoms with E-state index in [2.05, 4.69) is 21.3 Å².